The number of rotatable bonds is 12. The molecule has 1 N–H and O–H groups in total. The molecule has 184 valence electrons. The number of para-hydroxylation sites is 2. The molecule has 2 aromatic carbocycles. The summed E-state index contributed by atoms with van der Waals surface area (Å²) >= 11 is 0. The number of nitrogens with one attached hydrogen (secondary N) is 1. The van der Waals surface area contributed by atoms with Crippen LogP contribution < -0.4 is 10.1 Å². The Morgan fingerprint density at radius 3 is 2.53 bits per heavy atom. The van der Waals surface area contributed by atoms with E-state index in [1.807, 2.05) is 35.8 Å². The molecule has 3 rings (SSSR count). The van der Waals surface area contributed by atoms with E-state index < -0.39 is 15.9 Å². The molecule has 1 amide bonds. The van der Waals surface area contributed by atoms with E-state index in [9.17, 15) is 13.2 Å². The van der Waals surface area contributed by atoms with Crippen molar-refractivity contribution in [2.75, 3.05) is 38.7 Å². The van der Waals surface area contributed by atoms with Gasteiger partial charge in [0.05, 0.1) is 18.1 Å². The van der Waals surface area contributed by atoms with E-state index in [4.69, 9.17) is 9.47 Å². The number of fused-ring (bicyclic) bond motifs is 1. The van der Waals surface area contributed by atoms with Crippen LogP contribution in [0.15, 0.2) is 47.4 Å². The number of imidazole rings is 1. The van der Waals surface area contributed by atoms with Gasteiger partial charge in [-0.2, -0.15) is 4.31 Å². The Kier molecular flexibility index (Phi) is 8.65. The van der Waals surface area contributed by atoms with Crippen molar-refractivity contribution in [1.82, 2.24) is 13.9 Å². The third-order valence-corrected chi connectivity index (χ3v) is 7.57. The van der Waals surface area contributed by atoms with Crippen LogP contribution >= 0.6 is 0 Å². The van der Waals surface area contributed by atoms with Gasteiger partial charge in [0, 0.05) is 38.4 Å². The molecule has 3 aromatic rings. The third-order valence-electron chi connectivity index (χ3n) is 5.50. The SMILES string of the molecule is CCOCCCn1c(NC(=O)c2ccc(OC)c(S(=O)(=O)N(CC)CC)c2)nc2ccccc21. The highest BCUT2D eigenvalue weighted by molar-refractivity contribution is 7.89. The van der Waals surface area contributed by atoms with E-state index >= 15 is 0 Å². The summed E-state index contributed by atoms with van der Waals surface area (Å²) in [5.74, 6) is 0.123. The van der Waals surface area contributed by atoms with Gasteiger partial charge in [0.2, 0.25) is 16.0 Å². The zero-order valence-corrected chi connectivity index (χ0v) is 20.9. The van der Waals surface area contributed by atoms with E-state index in [1.165, 1.54) is 29.6 Å². The van der Waals surface area contributed by atoms with Crippen molar-refractivity contribution >= 4 is 32.9 Å². The van der Waals surface area contributed by atoms with Gasteiger partial charge in [-0.15, -0.1) is 0 Å². The van der Waals surface area contributed by atoms with Crippen LogP contribution in [0.25, 0.3) is 11.0 Å². The van der Waals surface area contributed by atoms with Crippen LogP contribution in [0.3, 0.4) is 0 Å². The summed E-state index contributed by atoms with van der Waals surface area (Å²) in [6.07, 6.45) is 0.756. The van der Waals surface area contributed by atoms with Gasteiger partial charge in [-0.3, -0.25) is 10.1 Å². The number of methoxy groups -OCH3 is 1. The summed E-state index contributed by atoms with van der Waals surface area (Å²) in [4.78, 5) is 17.7. The zero-order valence-electron chi connectivity index (χ0n) is 20.1. The molecule has 34 heavy (non-hydrogen) atoms. The third kappa shape index (κ3) is 5.40. The first-order valence-electron chi connectivity index (χ1n) is 11.4. The number of anilines is 1. The predicted octanol–water partition coefficient (Wildman–Crippen LogP) is 3.75. The minimum absolute atomic E-state index is 0.0448. The fraction of sp³-hybridized carbons (Fsp3) is 0.417. The normalized spacial score (nSPS) is 11.8. The molecule has 0 radical (unpaired) electrons. The maximum atomic E-state index is 13.2. The summed E-state index contributed by atoms with van der Waals surface area (Å²) < 4.78 is 40.3. The number of aromatic nitrogens is 2. The number of amides is 1. The largest absolute Gasteiger partial charge is 0.495 e. The number of sulfonamides is 1. The molecule has 0 aliphatic carbocycles. The molecule has 0 aliphatic rings. The molecule has 0 fully saturated rings. The Labute approximate surface area is 200 Å². The van der Waals surface area contributed by atoms with Crippen LogP contribution in [0.5, 0.6) is 5.75 Å². The first-order chi connectivity index (χ1) is 16.4. The molecular formula is C24H32N4O5S. The second-order valence-electron chi connectivity index (χ2n) is 7.54. The Bertz CT molecular complexity index is 1240. The number of nitrogens with zero attached hydrogens (tertiary/aromatic N) is 3. The van der Waals surface area contributed by atoms with Crippen LogP contribution in [-0.2, 0) is 21.3 Å². The number of hydrogen-bond donors (Lipinski definition) is 1. The number of benzene rings is 2. The fourth-order valence-corrected chi connectivity index (χ4v) is 5.40. The van der Waals surface area contributed by atoms with Crippen molar-refractivity contribution in [2.24, 2.45) is 0 Å². The highest BCUT2D eigenvalue weighted by Gasteiger charge is 2.27. The minimum atomic E-state index is -3.83. The van der Waals surface area contributed by atoms with E-state index in [1.54, 1.807) is 13.8 Å². The Hall–Kier alpha value is -2.95. The maximum absolute atomic E-state index is 13.2. The van der Waals surface area contributed by atoms with Crippen molar-refractivity contribution < 1.29 is 22.7 Å². The average molecular weight is 489 g/mol. The van der Waals surface area contributed by atoms with Gasteiger partial charge >= 0.3 is 0 Å². The fourth-order valence-electron chi connectivity index (χ4n) is 3.76. The molecule has 0 aliphatic heterocycles. The number of aryl methyl sites for hydroxylation is 1. The van der Waals surface area contributed by atoms with Gasteiger partial charge < -0.3 is 14.0 Å². The van der Waals surface area contributed by atoms with E-state index in [-0.39, 0.29) is 16.2 Å². The van der Waals surface area contributed by atoms with Crippen molar-refractivity contribution in [2.45, 2.75) is 38.6 Å². The number of ether oxygens (including phenoxy) is 2. The monoisotopic (exact) mass is 488 g/mol. The van der Waals surface area contributed by atoms with Gasteiger partial charge in [-0.1, -0.05) is 26.0 Å². The molecule has 1 heterocycles. The van der Waals surface area contributed by atoms with Crippen molar-refractivity contribution in [3.8, 4) is 5.75 Å². The summed E-state index contributed by atoms with van der Waals surface area (Å²) in [6, 6.07) is 12.0. The standard InChI is InChI=1S/C24H32N4O5S/c1-5-27(6-2)34(30,31)22-17-18(13-14-21(22)32-4)23(29)26-24-25-19-11-8-9-12-20(19)28(24)15-10-16-33-7-3/h8-9,11-14,17H,5-7,10,15-16H2,1-4H3,(H,25,26,29). The highest BCUT2D eigenvalue weighted by atomic mass is 32.2. The number of carbonyl (C=O) groups is 1. The molecular weight excluding hydrogens is 456 g/mol. The first-order valence-corrected chi connectivity index (χ1v) is 12.8. The highest BCUT2D eigenvalue weighted by Crippen LogP contribution is 2.28. The average Bonchev–Trinajstić information content (AvgIpc) is 3.18. The van der Waals surface area contributed by atoms with Gasteiger partial charge in [-0.05, 0) is 43.7 Å². The van der Waals surface area contributed by atoms with Crippen molar-refractivity contribution in [3.05, 3.63) is 48.0 Å². The topological polar surface area (TPSA) is 103 Å². The summed E-state index contributed by atoms with van der Waals surface area (Å²) in [5, 5.41) is 2.85. The Balaban J connectivity index is 1.94. The Morgan fingerprint density at radius 2 is 1.85 bits per heavy atom. The molecule has 0 bridgehead atoms. The van der Waals surface area contributed by atoms with Gasteiger partial charge in [-0.25, -0.2) is 13.4 Å². The van der Waals surface area contributed by atoms with Gasteiger partial charge in [0.15, 0.2) is 0 Å². The van der Waals surface area contributed by atoms with E-state index in [2.05, 4.69) is 10.3 Å². The first kappa shape index (κ1) is 25.7. The summed E-state index contributed by atoms with van der Waals surface area (Å²) in [7, 11) is -2.42. The zero-order chi connectivity index (χ0) is 24.7. The summed E-state index contributed by atoms with van der Waals surface area (Å²) in [6.45, 7) is 7.95. The van der Waals surface area contributed by atoms with Crippen LogP contribution in [0.4, 0.5) is 5.95 Å². The lowest BCUT2D eigenvalue weighted by molar-refractivity contribution is 0.102. The van der Waals surface area contributed by atoms with Crippen molar-refractivity contribution in [1.29, 1.82) is 0 Å². The van der Waals surface area contributed by atoms with Gasteiger partial charge in [0.25, 0.3) is 5.91 Å². The Morgan fingerprint density at radius 1 is 1.12 bits per heavy atom. The van der Waals surface area contributed by atoms with Crippen molar-refractivity contribution in [3.63, 3.8) is 0 Å². The molecule has 0 unspecified atom stereocenters. The molecule has 10 heteroatoms. The molecule has 9 nitrogen and oxygen atoms in total. The maximum Gasteiger partial charge on any atom is 0.258 e. The lowest BCUT2D eigenvalue weighted by Crippen LogP contribution is -2.31. The quantitative estimate of drug-likeness (QED) is 0.390. The predicted molar refractivity (Wildman–Crippen MR) is 132 cm³/mol. The molecule has 0 atom stereocenters. The summed E-state index contributed by atoms with van der Waals surface area (Å²) in [5.41, 5.74) is 1.85. The van der Waals surface area contributed by atoms with Crippen LogP contribution in [0.2, 0.25) is 0 Å². The second kappa shape index (κ2) is 11.5. The minimum Gasteiger partial charge on any atom is -0.495 e. The second-order valence-corrected chi connectivity index (χ2v) is 9.44. The lowest BCUT2D eigenvalue weighted by atomic mass is 10.2. The van der Waals surface area contributed by atoms with Crippen LogP contribution in [0.1, 0.15) is 37.6 Å². The van der Waals surface area contributed by atoms with Crippen LogP contribution in [0, 0.1) is 0 Å². The molecule has 0 spiro atoms. The van der Waals surface area contributed by atoms with Gasteiger partial charge in [0.1, 0.15) is 10.6 Å². The number of carbonyl (C=O) groups excluding carboxylic acids is 1. The van der Waals surface area contributed by atoms with E-state index in [0.717, 1.165) is 17.5 Å². The molecule has 1 aromatic heterocycles. The van der Waals surface area contributed by atoms with E-state index in [0.29, 0.717) is 38.8 Å². The lowest BCUT2D eigenvalue weighted by Gasteiger charge is -2.20. The molecule has 0 saturated heterocycles. The van der Waals surface area contributed by atoms with Crippen LogP contribution in [-0.4, -0.2) is 61.6 Å². The number of hydrogen-bond acceptors (Lipinski definition) is 6. The smallest absolute Gasteiger partial charge is 0.258 e. The molecule has 0 saturated carbocycles.